The Balaban J connectivity index is 2.00. The number of aliphatic hydroxyl groups excluding tert-OH is 1. The summed E-state index contributed by atoms with van der Waals surface area (Å²) in [6, 6.07) is 2.21. The Kier molecular flexibility index (Phi) is 7.11. The van der Waals surface area contributed by atoms with E-state index in [0.717, 1.165) is 26.0 Å². The van der Waals surface area contributed by atoms with Gasteiger partial charge >= 0.3 is 11.9 Å². The highest BCUT2D eigenvalue weighted by Crippen LogP contribution is 2.32. The lowest BCUT2D eigenvalue weighted by Gasteiger charge is -2.46. The first-order valence-corrected chi connectivity index (χ1v) is 9.72. The molecule has 0 bridgehead atoms. The summed E-state index contributed by atoms with van der Waals surface area (Å²) in [5.74, 6) is -5.79. The molecule has 2 heterocycles. The number of hydrogen-bond donors (Lipinski definition) is 2. The third-order valence-corrected chi connectivity index (χ3v) is 5.06. The molecule has 0 saturated carbocycles. The molecule has 13 heteroatoms. The predicted molar refractivity (Wildman–Crippen MR) is 103 cm³/mol. The van der Waals surface area contributed by atoms with Crippen LogP contribution in [0.25, 0.3) is 5.70 Å². The van der Waals surface area contributed by atoms with Crippen molar-refractivity contribution < 1.29 is 42.1 Å². The number of ether oxygens (including phenoxy) is 3. The van der Waals surface area contributed by atoms with Crippen molar-refractivity contribution in [2.45, 2.75) is 44.3 Å². The monoisotopic (exact) mass is 470 g/mol. The van der Waals surface area contributed by atoms with Crippen LogP contribution in [0.1, 0.15) is 19.4 Å². The normalized spacial score (nSPS) is 27.4. The highest BCUT2D eigenvalue weighted by Gasteiger charge is 2.51. The third kappa shape index (κ3) is 5.03. The van der Waals surface area contributed by atoms with Gasteiger partial charge in [-0.3, -0.25) is 20.0 Å². The van der Waals surface area contributed by atoms with Gasteiger partial charge in [0.05, 0.1) is 11.8 Å². The number of halogens is 3. The molecule has 0 spiro atoms. The number of aliphatic hydroxyl groups is 1. The molecular weight excluding hydrogens is 449 g/mol. The predicted octanol–water partition coefficient (Wildman–Crippen LogP) is 0.585. The molecule has 0 aromatic heterocycles. The van der Waals surface area contributed by atoms with E-state index < -0.39 is 59.8 Å². The molecule has 2 N–H and O–H groups in total. The molecule has 0 amide bonds. The van der Waals surface area contributed by atoms with Gasteiger partial charge < -0.3 is 19.3 Å². The topological polar surface area (TPSA) is 124 Å². The second-order valence-corrected chi connectivity index (χ2v) is 7.39. The van der Waals surface area contributed by atoms with Gasteiger partial charge in [-0.1, -0.05) is 0 Å². The molecule has 5 atom stereocenters. The summed E-state index contributed by atoms with van der Waals surface area (Å²) in [7, 11) is 1.48. The average Bonchev–Trinajstić information content (AvgIpc) is 3.12. The standard InChI is InChI=1S/C20H21F3N4O6/c1-9(28)31-8-16-20(32-10(2)29)18(19(30)15(6-24)33-16)27-7-14(25-26(27)3)11-4-12(21)17(23)13(22)5-11/h4-5,7,15-16,18-20,25,30H,8H2,1-3H3/t15-,16+,18+,19-,20-/m0/s1. The summed E-state index contributed by atoms with van der Waals surface area (Å²) in [5.41, 5.74) is 2.87. The molecule has 0 unspecified atom stereocenters. The van der Waals surface area contributed by atoms with Gasteiger partial charge in [0.1, 0.15) is 24.9 Å². The first-order valence-electron chi connectivity index (χ1n) is 9.72. The Morgan fingerprint density at radius 2 is 1.88 bits per heavy atom. The summed E-state index contributed by atoms with van der Waals surface area (Å²) >= 11 is 0. The second kappa shape index (κ2) is 9.65. The molecular formula is C20H21F3N4O6. The first kappa shape index (κ1) is 24.3. The van der Waals surface area contributed by atoms with Gasteiger partial charge in [-0.05, 0) is 12.1 Å². The van der Waals surface area contributed by atoms with Crippen molar-refractivity contribution in [1.82, 2.24) is 15.6 Å². The van der Waals surface area contributed by atoms with Crippen LogP contribution in [0.15, 0.2) is 18.3 Å². The van der Waals surface area contributed by atoms with Gasteiger partial charge in [0.2, 0.25) is 0 Å². The number of esters is 2. The fourth-order valence-corrected chi connectivity index (χ4v) is 3.64. The second-order valence-electron chi connectivity index (χ2n) is 7.39. The molecule has 178 valence electrons. The number of carbonyl (C=O) groups is 2. The van der Waals surface area contributed by atoms with Crippen molar-refractivity contribution in [2.24, 2.45) is 0 Å². The maximum absolute atomic E-state index is 13.7. The highest BCUT2D eigenvalue weighted by molar-refractivity contribution is 5.67. The van der Waals surface area contributed by atoms with Crippen LogP contribution >= 0.6 is 0 Å². The Morgan fingerprint density at radius 1 is 1.24 bits per heavy atom. The summed E-state index contributed by atoms with van der Waals surface area (Å²) in [6.45, 7) is 1.91. The van der Waals surface area contributed by atoms with E-state index in [1.165, 1.54) is 23.4 Å². The summed E-state index contributed by atoms with van der Waals surface area (Å²) in [4.78, 5) is 23.0. The van der Waals surface area contributed by atoms with Crippen LogP contribution in [-0.2, 0) is 23.8 Å². The van der Waals surface area contributed by atoms with Gasteiger partial charge in [-0.15, -0.1) is 5.12 Å². The number of carbonyl (C=O) groups excluding carboxylic acids is 2. The zero-order chi connectivity index (χ0) is 24.4. The van der Waals surface area contributed by atoms with Crippen LogP contribution in [0.2, 0.25) is 0 Å². The van der Waals surface area contributed by atoms with Crippen molar-refractivity contribution in [2.75, 3.05) is 13.7 Å². The van der Waals surface area contributed by atoms with Crippen LogP contribution in [-0.4, -0.2) is 71.3 Å². The van der Waals surface area contributed by atoms with Crippen LogP contribution < -0.4 is 5.43 Å². The van der Waals surface area contributed by atoms with Gasteiger partial charge in [0.25, 0.3) is 0 Å². The Morgan fingerprint density at radius 3 is 2.42 bits per heavy atom. The van der Waals surface area contributed by atoms with Crippen LogP contribution in [0, 0.1) is 28.8 Å². The number of nitriles is 1. The first-order chi connectivity index (χ1) is 15.5. The van der Waals surface area contributed by atoms with Gasteiger partial charge in [0.15, 0.2) is 29.7 Å². The minimum atomic E-state index is -1.62. The molecule has 1 aromatic carbocycles. The van der Waals surface area contributed by atoms with Crippen molar-refractivity contribution in [3.05, 3.63) is 41.3 Å². The maximum atomic E-state index is 13.7. The van der Waals surface area contributed by atoms with E-state index in [9.17, 15) is 33.1 Å². The lowest BCUT2D eigenvalue weighted by atomic mass is 9.92. The molecule has 10 nitrogen and oxygen atoms in total. The molecule has 2 aliphatic rings. The van der Waals surface area contributed by atoms with E-state index >= 15 is 0 Å². The van der Waals surface area contributed by atoms with E-state index in [-0.39, 0.29) is 17.9 Å². The highest BCUT2D eigenvalue weighted by atomic mass is 19.2. The number of nitrogens with one attached hydrogen (secondary N) is 1. The summed E-state index contributed by atoms with van der Waals surface area (Å²) in [6.07, 6.45) is -3.90. The number of benzene rings is 1. The minimum Gasteiger partial charge on any atom is -0.463 e. The molecule has 2 aliphatic heterocycles. The fourth-order valence-electron chi connectivity index (χ4n) is 3.64. The number of nitrogens with zero attached hydrogens (tertiary/aromatic N) is 3. The zero-order valence-corrected chi connectivity index (χ0v) is 17.8. The number of hydrazine groups is 2. The van der Waals surface area contributed by atoms with Crippen molar-refractivity contribution in [1.29, 1.82) is 5.26 Å². The summed E-state index contributed by atoms with van der Waals surface area (Å²) < 4.78 is 56.6. The molecule has 1 fully saturated rings. The quantitative estimate of drug-likeness (QED) is 0.467. The largest absolute Gasteiger partial charge is 0.463 e. The zero-order valence-electron chi connectivity index (χ0n) is 17.8. The molecule has 0 radical (unpaired) electrons. The SMILES string of the molecule is CC(=O)OC[C@H]1O[C@@H](C#N)[C@H](O)[C@@H](N2C=C(c3cc(F)c(F)c(F)c3)NN2C)[C@H]1OC(C)=O. The van der Waals surface area contributed by atoms with Crippen molar-refractivity contribution >= 4 is 17.6 Å². The maximum Gasteiger partial charge on any atom is 0.303 e. The number of rotatable bonds is 5. The molecule has 1 saturated heterocycles. The van der Waals surface area contributed by atoms with Crippen molar-refractivity contribution in [3.63, 3.8) is 0 Å². The molecule has 33 heavy (non-hydrogen) atoms. The van der Waals surface area contributed by atoms with E-state index in [1.807, 2.05) is 0 Å². The minimum absolute atomic E-state index is 0.0420. The van der Waals surface area contributed by atoms with Crippen LogP contribution in [0.4, 0.5) is 13.2 Å². The van der Waals surface area contributed by atoms with E-state index in [2.05, 4.69) is 5.43 Å². The summed E-state index contributed by atoms with van der Waals surface area (Å²) in [5, 5.41) is 22.9. The van der Waals surface area contributed by atoms with Gasteiger partial charge in [-0.25, -0.2) is 13.2 Å². The van der Waals surface area contributed by atoms with Gasteiger partial charge in [0, 0.05) is 32.7 Å². The van der Waals surface area contributed by atoms with E-state index in [4.69, 9.17) is 14.2 Å². The number of hydrogen-bond acceptors (Lipinski definition) is 10. The Bertz CT molecular complexity index is 993. The van der Waals surface area contributed by atoms with Crippen LogP contribution in [0.5, 0.6) is 0 Å². The smallest absolute Gasteiger partial charge is 0.303 e. The fraction of sp³-hybridized carbons (Fsp3) is 0.450. The molecule has 1 aromatic rings. The lowest BCUT2D eigenvalue weighted by molar-refractivity contribution is -0.230. The lowest BCUT2D eigenvalue weighted by Crippen LogP contribution is -2.66. The Labute approximate surface area is 186 Å². The van der Waals surface area contributed by atoms with Crippen LogP contribution in [0.3, 0.4) is 0 Å². The van der Waals surface area contributed by atoms with E-state index in [0.29, 0.717) is 0 Å². The molecule has 0 aliphatic carbocycles. The van der Waals surface area contributed by atoms with Crippen molar-refractivity contribution in [3.8, 4) is 6.07 Å². The third-order valence-electron chi connectivity index (χ3n) is 5.06. The Hall–Kier alpha value is -3.34. The van der Waals surface area contributed by atoms with E-state index in [1.54, 1.807) is 6.07 Å². The molecule has 3 rings (SSSR count). The van der Waals surface area contributed by atoms with Gasteiger partial charge in [-0.2, -0.15) is 5.26 Å². The average molecular weight is 470 g/mol.